The molecule has 7 nitrogen and oxygen atoms in total. The van der Waals surface area contributed by atoms with Crippen molar-refractivity contribution >= 4 is 27.5 Å². The fourth-order valence-electron chi connectivity index (χ4n) is 2.11. The van der Waals surface area contributed by atoms with E-state index < -0.39 is 0 Å². The van der Waals surface area contributed by atoms with Crippen LogP contribution in [0.4, 0.5) is 0 Å². The Labute approximate surface area is 123 Å². The highest BCUT2D eigenvalue weighted by atomic mass is 32.1. The number of nitrogens with zero attached hydrogens (tertiary/aromatic N) is 2. The van der Waals surface area contributed by atoms with Gasteiger partial charge in [-0.1, -0.05) is 0 Å². The zero-order valence-electron chi connectivity index (χ0n) is 11.3. The molecule has 8 heteroatoms. The highest BCUT2D eigenvalue weighted by molar-refractivity contribution is 7.20. The maximum absolute atomic E-state index is 12.2. The number of hydrogen-bond donors (Lipinski definition) is 3. The van der Waals surface area contributed by atoms with Crippen molar-refractivity contribution in [2.75, 3.05) is 6.54 Å². The van der Waals surface area contributed by atoms with Crippen LogP contribution in [0.25, 0.3) is 10.2 Å². The third kappa shape index (κ3) is 2.57. The van der Waals surface area contributed by atoms with Crippen molar-refractivity contribution in [1.82, 2.24) is 25.3 Å². The zero-order chi connectivity index (χ0) is 14.8. The number of hydrogen-bond acceptors (Lipinski definition) is 5. The Bertz CT molecular complexity index is 834. The molecule has 1 amide bonds. The van der Waals surface area contributed by atoms with Crippen LogP contribution in [-0.4, -0.2) is 32.4 Å². The lowest BCUT2D eigenvalue weighted by atomic mass is 10.2. The van der Waals surface area contributed by atoms with Gasteiger partial charge in [0.25, 0.3) is 11.5 Å². The van der Waals surface area contributed by atoms with Crippen LogP contribution < -0.4 is 10.9 Å². The van der Waals surface area contributed by atoms with Gasteiger partial charge in [0, 0.05) is 24.9 Å². The molecule has 21 heavy (non-hydrogen) atoms. The smallest absolute Gasteiger partial charge is 0.261 e. The molecule has 3 aromatic rings. The van der Waals surface area contributed by atoms with E-state index in [4.69, 9.17) is 0 Å². The molecule has 0 spiro atoms. The lowest BCUT2D eigenvalue weighted by molar-refractivity contribution is 0.0957. The van der Waals surface area contributed by atoms with Crippen LogP contribution in [0.5, 0.6) is 0 Å². The first-order valence-electron chi connectivity index (χ1n) is 6.39. The fourth-order valence-corrected chi connectivity index (χ4v) is 3.17. The van der Waals surface area contributed by atoms with Gasteiger partial charge in [0.1, 0.15) is 4.83 Å². The van der Waals surface area contributed by atoms with E-state index in [0.717, 1.165) is 5.69 Å². The summed E-state index contributed by atoms with van der Waals surface area (Å²) < 4.78 is 0. The van der Waals surface area contributed by atoms with Crippen LogP contribution in [0.2, 0.25) is 0 Å². The average molecular weight is 303 g/mol. The zero-order valence-corrected chi connectivity index (χ0v) is 12.1. The van der Waals surface area contributed by atoms with Gasteiger partial charge in [-0.15, -0.1) is 11.3 Å². The van der Waals surface area contributed by atoms with Crippen molar-refractivity contribution in [3.8, 4) is 0 Å². The Morgan fingerprint density at radius 1 is 1.38 bits per heavy atom. The summed E-state index contributed by atoms with van der Waals surface area (Å²) in [6.07, 6.45) is 5.35. The van der Waals surface area contributed by atoms with Gasteiger partial charge in [0.15, 0.2) is 0 Å². The second-order valence-electron chi connectivity index (χ2n) is 4.55. The second-order valence-corrected chi connectivity index (χ2v) is 5.55. The highest BCUT2D eigenvalue weighted by Crippen LogP contribution is 2.26. The molecule has 0 unspecified atom stereocenters. The van der Waals surface area contributed by atoms with Crippen molar-refractivity contribution < 1.29 is 4.79 Å². The third-order valence-corrected chi connectivity index (χ3v) is 4.37. The van der Waals surface area contributed by atoms with E-state index in [1.54, 1.807) is 19.4 Å². The Morgan fingerprint density at radius 3 is 2.95 bits per heavy atom. The molecule has 3 aromatic heterocycles. The van der Waals surface area contributed by atoms with Gasteiger partial charge in [-0.25, -0.2) is 9.97 Å². The predicted molar refractivity (Wildman–Crippen MR) is 79.6 cm³/mol. The fraction of sp³-hybridized carbons (Fsp3) is 0.231. The largest absolute Gasteiger partial charge is 0.351 e. The summed E-state index contributed by atoms with van der Waals surface area (Å²) in [6, 6.07) is 0. The van der Waals surface area contributed by atoms with Crippen molar-refractivity contribution in [1.29, 1.82) is 0 Å². The first-order chi connectivity index (χ1) is 10.2. The monoisotopic (exact) mass is 303 g/mol. The number of thiophene rings is 1. The standard InChI is InChI=1S/C13H13N5O2S/c1-7-9-11(19)17-6-18-13(9)21-10(7)12(20)15-3-2-8-4-14-5-16-8/h4-6H,2-3H2,1H3,(H,14,16)(H,15,20)(H,17,18,19). The van der Waals surface area contributed by atoms with Crippen LogP contribution >= 0.6 is 11.3 Å². The molecule has 0 bridgehead atoms. The number of carbonyl (C=O) groups is 1. The third-order valence-electron chi connectivity index (χ3n) is 3.17. The van der Waals surface area contributed by atoms with Crippen LogP contribution in [0.15, 0.2) is 23.6 Å². The van der Waals surface area contributed by atoms with Crippen LogP contribution in [0.1, 0.15) is 20.9 Å². The summed E-state index contributed by atoms with van der Waals surface area (Å²) in [5.41, 5.74) is 1.41. The first-order valence-corrected chi connectivity index (χ1v) is 7.20. The molecule has 0 atom stereocenters. The van der Waals surface area contributed by atoms with Crippen LogP contribution in [-0.2, 0) is 6.42 Å². The summed E-state index contributed by atoms with van der Waals surface area (Å²) in [5, 5.41) is 3.33. The van der Waals surface area contributed by atoms with Crippen molar-refractivity contribution in [2.45, 2.75) is 13.3 Å². The molecule has 3 rings (SSSR count). The molecule has 0 aliphatic heterocycles. The Morgan fingerprint density at radius 2 is 2.24 bits per heavy atom. The number of nitrogens with one attached hydrogen (secondary N) is 3. The molecule has 0 aliphatic carbocycles. The van der Waals surface area contributed by atoms with Crippen molar-refractivity contribution in [3.63, 3.8) is 0 Å². The van der Waals surface area contributed by atoms with Crippen LogP contribution in [0.3, 0.4) is 0 Å². The van der Waals surface area contributed by atoms with E-state index in [0.29, 0.717) is 33.6 Å². The van der Waals surface area contributed by atoms with Gasteiger partial charge >= 0.3 is 0 Å². The Hall–Kier alpha value is -2.48. The topological polar surface area (TPSA) is 104 Å². The summed E-state index contributed by atoms with van der Waals surface area (Å²) in [4.78, 5) is 38.6. The maximum Gasteiger partial charge on any atom is 0.261 e. The van der Waals surface area contributed by atoms with Crippen LogP contribution in [0, 0.1) is 6.92 Å². The van der Waals surface area contributed by atoms with E-state index in [1.165, 1.54) is 17.7 Å². The number of imidazole rings is 1. The molecular formula is C13H13N5O2S. The number of aryl methyl sites for hydroxylation is 1. The van der Waals surface area contributed by atoms with E-state index in [9.17, 15) is 9.59 Å². The van der Waals surface area contributed by atoms with Gasteiger partial charge in [-0.2, -0.15) is 0 Å². The summed E-state index contributed by atoms with van der Waals surface area (Å²) in [5.74, 6) is -0.186. The minimum Gasteiger partial charge on any atom is -0.351 e. The Balaban J connectivity index is 1.77. The average Bonchev–Trinajstić information content (AvgIpc) is 3.08. The van der Waals surface area contributed by atoms with Gasteiger partial charge < -0.3 is 15.3 Å². The number of carbonyl (C=O) groups excluding carboxylic acids is 1. The minimum atomic E-state index is -0.217. The van der Waals surface area contributed by atoms with Crippen molar-refractivity contribution in [3.05, 3.63) is 45.3 Å². The highest BCUT2D eigenvalue weighted by Gasteiger charge is 2.17. The SMILES string of the molecule is Cc1c(C(=O)NCCc2cnc[nH]2)sc2nc[nH]c(=O)c12. The van der Waals surface area contributed by atoms with E-state index in [2.05, 4.69) is 25.3 Å². The van der Waals surface area contributed by atoms with Gasteiger partial charge in [-0.3, -0.25) is 9.59 Å². The lowest BCUT2D eigenvalue weighted by Crippen LogP contribution is -2.25. The molecule has 3 heterocycles. The molecule has 3 N–H and O–H groups in total. The number of aromatic amines is 2. The minimum absolute atomic E-state index is 0.186. The van der Waals surface area contributed by atoms with E-state index in [-0.39, 0.29) is 11.5 Å². The van der Waals surface area contributed by atoms with Crippen molar-refractivity contribution in [2.24, 2.45) is 0 Å². The van der Waals surface area contributed by atoms with E-state index in [1.807, 2.05) is 0 Å². The number of H-pyrrole nitrogens is 2. The lowest BCUT2D eigenvalue weighted by Gasteiger charge is -2.03. The van der Waals surface area contributed by atoms with Gasteiger partial charge in [0.2, 0.25) is 0 Å². The molecule has 0 aliphatic rings. The summed E-state index contributed by atoms with van der Waals surface area (Å²) in [6.45, 7) is 2.26. The molecule has 0 aromatic carbocycles. The molecule has 0 saturated carbocycles. The second kappa shape index (κ2) is 5.49. The molecular weight excluding hydrogens is 290 g/mol. The summed E-state index contributed by atoms with van der Waals surface area (Å²) >= 11 is 1.23. The number of rotatable bonds is 4. The number of fused-ring (bicyclic) bond motifs is 1. The first kappa shape index (κ1) is 13.5. The molecule has 0 fully saturated rings. The quantitative estimate of drug-likeness (QED) is 0.668. The molecule has 0 radical (unpaired) electrons. The maximum atomic E-state index is 12.2. The molecule has 108 valence electrons. The predicted octanol–water partition coefficient (Wildman–Crippen LogP) is 0.989. The number of aromatic nitrogens is 4. The molecule has 0 saturated heterocycles. The Kier molecular flexibility index (Phi) is 3.53. The normalized spacial score (nSPS) is 10.9. The van der Waals surface area contributed by atoms with Gasteiger partial charge in [-0.05, 0) is 12.5 Å². The van der Waals surface area contributed by atoms with E-state index >= 15 is 0 Å². The van der Waals surface area contributed by atoms with Gasteiger partial charge in [0.05, 0.1) is 22.9 Å². The number of amides is 1. The summed E-state index contributed by atoms with van der Waals surface area (Å²) in [7, 11) is 0.